The number of methoxy groups -OCH3 is 2. The number of aromatic nitrogens is 2. The molecule has 0 aliphatic heterocycles. The third-order valence-electron chi connectivity index (χ3n) is 6.23. The quantitative estimate of drug-likeness (QED) is 0.289. The lowest BCUT2D eigenvalue weighted by atomic mass is 10.1. The first-order valence-electron chi connectivity index (χ1n) is 11.8. The molecule has 0 radical (unpaired) electrons. The normalized spacial score (nSPS) is 12.9. The number of carbonyl (C=O) groups is 1. The third kappa shape index (κ3) is 5.52. The van der Waals surface area contributed by atoms with Crippen LogP contribution in [-0.2, 0) is 17.9 Å². The van der Waals surface area contributed by atoms with Gasteiger partial charge in [0.05, 0.1) is 14.2 Å². The maximum Gasteiger partial charge on any atom is 0.228 e. The molecule has 0 atom stereocenters. The minimum Gasteiger partial charge on any atom is -0.497 e. The molecule has 0 spiro atoms. The Morgan fingerprint density at radius 1 is 0.972 bits per heavy atom. The number of fused-ring (bicyclic) bond motifs is 1. The molecular weight excluding hydrogens is 476 g/mol. The number of halogens is 1. The molecule has 1 N–H and O–H groups in total. The van der Waals surface area contributed by atoms with E-state index < -0.39 is 0 Å². The number of rotatable bonds is 9. The zero-order chi connectivity index (χ0) is 25.1. The summed E-state index contributed by atoms with van der Waals surface area (Å²) >= 11 is 6.49. The van der Waals surface area contributed by atoms with Crippen LogP contribution in [-0.4, -0.2) is 30.1 Å². The van der Waals surface area contributed by atoms with Crippen molar-refractivity contribution in [1.82, 2.24) is 9.97 Å². The van der Waals surface area contributed by atoms with Gasteiger partial charge in [-0.2, -0.15) is 0 Å². The Morgan fingerprint density at radius 2 is 1.56 bits per heavy atom. The number of hydrogen-bond donors (Lipinski definition) is 1. The van der Waals surface area contributed by atoms with E-state index in [-0.39, 0.29) is 11.8 Å². The SMILES string of the molecule is COc1ccc(CN(Cc2ccc(OC)cc2)c2nc(Cl)cc3cc(NC(=O)C4CC4)ncc23)cc1. The maximum atomic E-state index is 12.2. The van der Waals surface area contributed by atoms with Crippen molar-refractivity contribution >= 4 is 39.9 Å². The first-order chi connectivity index (χ1) is 17.5. The van der Waals surface area contributed by atoms with Gasteiger partial charge in [0.2, 0.25) is 5.91 Å². The van der Waals surface area contributed by atoms with Crippen molar-refractivity contribution in [2.75, 3.05) is 24.4 Å². The number of amides is 1. The summed E-state index contributed by atoms with van der Waals surface area (Å²) in [7, 11) is 3.31. The van der Waals surface area contributed by atoms with E-state index in [1.807, 2.05) is 54.6 Å². The summed E-state index contributed by atoms with van der Waals surface area (Å²) < 4.78 is 10.6. The van der Waals surface area contributed by atoms with Gasteiger partial charge in [0, 0.05) is 30.6 Å². The lowest BCUT2D eigenvalue weighted by Gasteiger charge is -2.26. The van der Waals surface area contributed by atoms with Gasteiger partial charge >= 0.3 is 0 Å². The fraction of sp³-hybridized carbons (Fsp3) is 0.250. The lowest BCUT2D eigenvalue weighted by molar-refractivity contribution is -0.117. The zero-order valence-corrected chi connectivity index (χ0v) is 21.0. The number of hydrogen-bond acceptors (Lipinski definition) is 6. The maximum absolute atomic E-state index is 12.2. The second-order valence-electron chi connectivity index (χ2n) is 8.88. The van der Waals surface area contributed by atoms with E-state index in [9.17, 15) is 4.79 Å². The summed E-state index contributed by atoms with van der Waals surface area (Å²) in [5.41, 5.74) is 2.20. The Labute approximate surface area is 215 Å². The largest absolute Gasteiger partial charge is 0.497 e. The number of benzene rings is 2. The fourth-order valence-electron chi connectivity index (χ4n) is 4.09. The lowest BCUT2D eigenvalue weighted by Crippen LogP contribution is -2.23. The minimum atomic E-state index is 0.0165. The van der Waals surface area contributed by atoms with Crippen LogP contribution in [0.4, 0.5) is 11.6 Å². The Bertz CT molecular complexity index is 1320. The van der Waals surface area contributed by atoms with E-state index in [4.69, 9.17) is 26.1 Å². The molecule has 5 rings (SSSR count). The summed E-state index contributed by atoms with van der Waals surface area (Å²) in [6.07, 6.45) is 3.63. The Morgan fingerprint density at radius 3 is 2.08 bits per heavy atom. The Hall–Kier alpha value is -3.84. The number of nitrogens with one attached hydrogen (secondary N) is 1. The second-order valence-corrected chi connectivity index (χ2v) is 9.26. The van der Waals surface area contributed by atoms with Gasteiger partial charge in [0.15, 0.2) is 0 Å². The van der Waals surface area contributed by atoms with Crippen molar-refractivity contribution in [3.05, 3.63) is 83.1 Å². The molecular formula is C28H27ClN4O3. The van der Waals surface area contributed by atoms with Crippen LogP contribution >= 0.6 is 11.6 Å². The molecule has 0 saturated heterocycles. The van der Waals surface area contributed by atoms with Crippen molar-refractivity contribution in [1.29, 1.82) is 0 Å². The fourth-order valence-corrected chi connectivity index (χ4v) is 4.29. The molecule has 8 heteroatoms. The first-order valence-corrected chi connectivity index (χ1v) is 12.2. The van der Waals surface area contributed by atoms with Crippen LogP contribution in [0.25, 0.3) is 10.8 Å². The van der Waals surface area contributed by atoms with E-state index in [1.165, 1.54) is 0 Å². The van der Waals surface area contributed by atoms with Crippen molar-refractivity contribution in [3.63, 3.8) is 0 Å². The number of carbonyl (C=O) groups excluding carboxylic acids is 1. The summed E-state index contributed by atoms with van der Waals surface area (Å²) in [6, 6.07) is 19.6. The molecule has 184 valence electrons. The molecule has 4 aromatic rings. The van der Waals surface area contributed by atoms with Gasteiger partial charge in [0.25, 0.3) is 0 Å². The van der Waals surface area contributed by atoms with Gasteiger partial charge in [-0.15, -0.1) is 0 Å². The zero-order valence-electron chi connectivity index (χ0n) is 20.2. The highest BCUT2D eigenvalue weighted by Gasteiger charge is 2.29. The third-order valence-corrected chi connectivity index (χ3v) is 6.42. The van der Waals surface area contributed by atoms with E-state index in [0.29, 0.717) is 24.1 Å². The minimum absolute atomic E-state index is 0.0165. The number of anilines is 2. The van der Waals surface area contributed by atoms with Gasteiger partial charge in [-0.05, 0) is 65.8 Å². The number of nitrogens with zero attached hydrogens (tertiary/aromatic N) is 3. The molecule has 1 aliphatic carbocycles. The van der Waals surface area contributed by atoms with Gasteiger partial charge < -0.3 is 19.7 Å². The highest BCUT2D eigenvalue weighted by Crippen LogP contribution is 2.33. The van der Waals surface area contributed by atoms with E-state index in [1.54, 1.807) is 26.5 Å². The van der Waals surface area contributed by atoms with Crippen molar-refractivity contribution in [3.8, 4) is 11.5 Å². The van der Waals surface area contributed by atoms with E-state index in [0.717, 1.165) is 52.1 Å². The van der Waals surface area contributed by atoms with E-state index in [2.05, 4.69) is 15.2 Å². The first kappa shape index (κ1) is 23.9. The summed E-state index contributed by atoms with van der Waals surface area (Å²) in [6.45, 7) is 1.19. The Kier molecular flexibility index (Phi) is 6.91. The van der Waals surface area contributed by atoms with Gasteiger partial charge in [-0.1, -0.05) is 35.9 Å². The average molecular weight is 503 g/mol. The summed E-state index contributed by atoms with van der Waals surface area (Å²) in [5, 5.41) is 5.00. The van der Waals surface area contributed by atoms with Gasteiger partial charge in [0.1, 0.15) is 28.3 Å². The summed E-state index contributed by atoms with van der Waals surface area (Å²) in [4.78, 5) is 23.6. The molecule has 2 heterocycles. The predicted molar refractivity (Wildman–Crippen MR) is 142 cm³/mol. The molecule has 36 heavy (non-hydrogen) atoms. The molecule has 1 amide bonds. The van der Waals surface area contributed by atoms with Crippen molar-refractivity contribution in [2.45, 2.75) is 25.9 Å². The van der Waals surface area contributed by atoms with Crippen LogP contribution in [0, 0.1) is 5.92 Å². The van der Waals surface area contributed by atoms with Crippen molar-refractivity contribution in [2.24, 2.45) is 5.92 Å². The predicted octanol–water partition coefficient (Wildman–Crippen LogP) is 5.86. The van der Waals surface area contributed by atoms with Crippen LogP contribution in [0.3, 0.4) is 0 Å². The molecule has 1 saturated carbocycles. The highest BCUT2D eigenvalue weighted by atomic mass is 35.5. The van der Waals surface area contributed by atoms with Crippen LogP contribution in [0.15, 0.2) is 66.9 Å². The van der Waals surface area contributed by atoms with Crippen molar-refractivity contribution < 1.29 is 14.3 Å². The van der Waals surface area contributed by atoms with Crippen LogP contribution in [0.2, 0.25) is 5.15 Å². The molecule has 7 nitrogen and oxygen atoms in total. The molecule has 2 aromatic heterocycles. The van der Waals surface area contributed by atoms with Crippen LogP contribution in [0.1, 0.15) is 24.0 Å². The van der Waals surface area contributed by atoms with Crippen LogP contribution in [0.5, 0.6) is 11.5 Å². The molecule has 2 aromatic carbocycles. The second kappa shape index (κ2) is 10.4. The monoisotopic (exact) mass is 502 g/mol. The van der Waals surface area contributed by atoms with Crippen LogP contribution < -0.4 is 19.7 Å². The van der Waals surface area contributed by atoms with Gasteiger partial charge in [-0.3, -0.25) is 4.79 Å². The smallest absolute Gasteiger partial charge is 0.228 e. The molecule has 0 unspecified atom stereocenters. The molecule has 0 bridgehead atoms. The molecule has 1 fully saturated rings. The number of ether oxygens (including phenoxy) is 2. The standard InChI is InChI=1S/C28H27ClN4O3/c1-35-22-9-3-18(4-10-22)16-33(17-19-5-11-23(36-2)12-6-19)27-24-15-30-26(32-28(34)20-7-8-20)14-21(24)13-25(29)31-27/h3-6,9-15,20H,7-8,16-17H2,1-2H3,(H,30,32,34). The number of pyridine rings is 2. The average Bonchev–Trinajstić information content (AvgIpc) is 3.74. The topological polar surface area (TPSA) is 76.6 Å². The molecule has 1 aliphatic rings. The van der Waals surface area contributed by atoms with Gasteiger partial charge in [-0.25, -0.2) is 9.97 Å². The summed E-state index contributed by atoms with van der Waals surface area (Å²) in [5.74, 6) is 2.96. The van der Waals surface area contributed by atoms with E-state index >= 15 is 0 Å². The Balaban J connectivity index is 1.51. The highest BCUT2D eigenvalue weighted by molar-refractivity contribution is 6.30.